The topological polar surface area (TPSA) is 154 Å². The molecule has 0 radical (unpaired) electrons. The maximum Gasteiger partial charge on any atom is 0.311 e. The van der Waals surface area contributed by atoms with E-state index in [0.717, 1.165) is 4.90 Å². The quantitative estimate of drug-likeness (QED) is 0.0838. The normalized spacial score (nSPS) is 10.9. The largest absolute Gasteiger partial charge is 0.493 e. The van der Waals surface area contributed by atoms with Crippen LogP contribution in [-0.4, -0.2) is 62.4 Å². The summed E-state index contributed by atoms with van der Waals surface area (Å²) in [5.41, 5.74) is 1.86. The number of amides is 3. The van der Waals surface area contributed by atoms with Crippen LogP contribution in [0.4, 0.5) is 10.8 Å². The number of carbonyl (C=O) groups excluding carboxylic acids is 4. The van der Waals surface area contributed by atoms with Crippen molar-refractivity contribution in [3.8, 4) is 17.2 Å². The summed E-state index contributed by atoms with van der Waals surface area (Å²) in [5, 5.41) is 10.3. The highest BCUT2D eigenvalue weighted by Gasteiger charge is 2.18. The van der Waals surface area contributed by atoms with Crippen LogP contribution >= 0.6 is 23.1 Å². The molecule has 0 spiro atoms. The molecule has 1 aromatic heterocycles. The summed E-state index contributed by atoms with van der Waals surface area (Å²) in [5.74, 6) is -0.417. The van der Waals surface area contributed by atoms with Gasteiger partial charge in [-0.05, 0) is 67.1 Å². The fourth-order valence-electron chi connectivity index (χ4n) is 4.24. The molecule has 1 heterocycles. The van der Waals surface area contributed by atoms with Crippen LogP contribution < -0.4 is 30.2 Å². The van der Waals surface area contributed by atoms with Gasteiger partial charge in [0.1, 0.15) is 5.70 Å². The summed E-state index contributed by atoms with van der Waals surface area (Å²) in [6.07, 6.45) is 1.55. The zero-order valence-corrected chi connectivity index (χ0v) is 28.3. The van der Waals surface area contributed by atoms with Crippen molar-refractivity contribution >= 4 is 63.7 Å². The first-order chi connectivity index (χ1) is 23.2. The van der Waals surface area contributed by atoms with Gasteiger partial charge in [-0.15, -0.1) is 23.1 Å². The number of benzene rings is 3. The Labute approximate surface area is 285 Å². The van der Waals surface area contributed by atoms with Crippen LogP contribution in [0, 0.1) is 0 Å². The molecule has 3 N–H and O–H groups in total. The highest BCUT2D eigenvalue weighted by Crippen LogP contribution is 2.38. The second-order valence-corrected chi connectivity index (χ2v) is 11.7. The molecule has 0 fully saturated rings. The van der Waals surface area contributed by atoms with E-state index in [4.69, 9.17) is 18.9 Å². The van der Waals surface area contributed by atoms with Gasteiger partial charge in [0.15, 0.2) is 16.6 Å². The predicted molar refractivity (Wildman–Crippen MR) is 185 cm³/mol. The first-order valence-electron chi connectivity index (χ1n) is 14.5. The van der Waals surface area contributed by atoms with Crippen LogP contribution in [0.2, 0.25) is 0 Å². The Kier molecular flexibility index (Phi) is 13.0. The van der Waals surface area contributed by atoms with Crippen molar-refractivity contribution in [3.63, 3.8) is 0 Å². The minimum Gasteiger partial charge on any atom is -0.493 e. The van der Waals surface area contributed by atoms with E-state index < -0.39 is 11.8 Å². The maximum atomic E-state index is 13.5. The van der Waals surface area contributed by atoms with Gasteiger partial charge in [0, 0.05) is 21.5 Å². The number of rotatable bonds is 15. The van der Waals surface area contributed by atoms with E-state index in [1.807, 2.05) is 0 Å². The second kappa shape index (κ2) is 17.5. The van der Waals surface area contributed by atoms with Crippen molar-refractivity contribution < 1.29 is 38.1 Å². The number of nitrogens with zero attached hydrogens (tertiary/aromatic N) is 1. The molecule has 250 valence electrons. The van der Waals surface area contributed by atoms with Crippen LogP contribution in [0.5, 0.6) is 17.2 Å². The average molecular weight is 691 g/mol. The molecule has 0 atom stereocenters. The standard InChI is InChI=1S/C34H34N4O8S2/c1-5-46-30(40)18-24-19-48-34(36-24)38-29(39)20-47-25-13-11-23(12-14-25)35-33(42)26(37-32(41)22-9-7-6-8-10-22)15-21-16-27(43-2)31(45-4)28(17-21)44-3/h6-17,19H,5,18,20H2,1-4H3,(H,35,42)(H,37,41)(H,36,38,39)/b26-15-. The van der Waals surface area contributed by atoms with Crippen molar-refractivity contribution in [2.24, 2.45) is 0 Å². The summed E-state index contributed by atoms with van der Waals surface area (Å²) in [4.78, 5) is 55.7. The molecular formula is C34H34N4O8S2. The lowest BCUT2D eigenvalue weighted by Gasteiger charge is -2.15. The Morgan fingerprint density at radius 3 is 2.21 bits per heavy atom. The van der Waals surface area contributed by atoms with Crippen LogP contribution in [0.1, 0.15) is 28.5 Å². The summed E-state index contributed by atoms with van der Waals surface area (Å²) in [6.45, 7) is 2.02. The fourth-order valence-corrected chi connectivity index (χ4v) is 5.66. The first-order valence-corrected chi connectivity index (χ1v) is 16.4. The third-order valence-electron chi connectivity index (χ3n) is 6.44. The molecule has 0 aliphatic carbocycles. The van der Waals surface area contributed by atoms with Gasteiger partial charge in [-0.1, -0.05) is 18.2 Å². The monoisotopic (exact) mass is 690 g/mol. The van der Waals surface area contributed by atoms with Gasteiger partial charge in [0.05, 0.1) is 45.8 Å². The molecule has 0 aliphatic heterocycles. The smallest absolute Gasteiger partial charge is 0.311 e. The Morgan fingerprint density at radius 1 is 0.896 bits per heavy atom. The number of anilines is 2. The lowest BCUT2D eigenvalue weighted by Crippen LogP contribution is -2.30. The maximum absolute atomic E-state index is 13.5. The number of hydrogen-bond acceptors (Lipinski definition) is 11. The van der Waals surface area contributed by atoms with E-state index in [0.29, 0.717) is 51.5 Å². The third kappa shape index (κ3) is 10.1. The van der Waals surface area contributed by atoms with Crippen molar-refractivity contribution in [2.45, 2.75) is 18.2 Å². The lowest BCUT2D eigenvalue weighted by atomic mass is 10.1. The second-order valence-electron chi connectivity index (χ2n) is 9.78. The number of nitrogens with one attached hydrogen (secondary N) is 3. The van der Waals surface area contributed by atoms with Gasteiger partial charge >= 0.3 is 5.97 Å². The number of methoxy groups -OCH3 is 3. The molecular weight excluding hydrogens is 657 g/mol. The highest BCUT2D eigenvalue weighted by atomic mass is 32.2. The summed E-state index contributed by atoms with van der Waals surface area (Å²) >= 11 is 2.53. The SMILES string of the molecule is CCOC(=O)Cc1csc(NC(=O)CSc2ccc(NC(=O)/C(=C/c3cc(OC)c(OC)c(OC)c3)NC(=O)c3ccccc3)cc2)n1. The summed E-state index contributed by atoms with van der Waals surface area (Å²) < 4.78 is 21.2. The van der Waals surface area contributed by atoms with Crippen LogP contribution in [0.15, 0.2) is 82.7 Å². The number of thiazole rings is 1. The molecule has 0 unspecified atom stereocenters. The number of thioether (sulfide) groups is 1. The minimum absolute atomic E-state index is 0.0270. The van der Waals surface area contributed by atoms with Crippen molar-refractivity contribution in [3.05, 3.63) is 94.6 Å². The Hall–Kier alpha value is -5.34. The summed E-state index contributed by atoms with van der Waals surface area (Å²) in [6, 6.07) is 18.7. The predicted octanol–water partition coefficient (Wildman–Crippen LogP) is 5.41. The summed E-state index contributed by atoms with van der Waals surface area (Å²) in [7, 11) is 4.45. The number of aromatic nitrogens is 1. The number of ether oxygens (including phenoxy) is 4. The van der Waals surface area contributed by atoms with Gasteiger partial charge < -0.3 is 34.9 Å². The lowest BCUT2D eigenvalue weighted by molar-refractivity contribution is -0.142. The van der Waals surface area contributed by atoms with Crippen LogP contribution in [-0.2, 0) is 25.5 Å². The molecule has 0 aliphatic rings. The molecule has 3 aromatic carbocycles. The highest BCUT2D eigenvalue weighted by molar-refractivity contribution is 8.00. The molecule has 48 heavy (non-hydrogen) atoms. The molecule has 4 aromatic rings. The zero-order valence-electron chi connectivity index (χ0n) is 26.7. The Morgan fingerprint density at radius 2 is 1.58 bits per heavy atom. The number of esters is 1. The molecule has 0 bridgehead atoms. The van der Waals surface area contributed by atoms with E-state index in [-0.39, 0.29) is 29.7 Å². The molecule has 3 amide bonds. The minimum atomic E-state index is -0.571. The van der Waals surface area contributed by atoms with Gasteiger partial charge in [-0.25, -0.2) is 4.98 Å². The van der Waals surface area contributed by atoms with Crippen LogP contribution in [0.3, 0.4) is 0 Å². The van der Waals surface area contributed by atoms with E-state index in [1.54, 1.807) is 79.0 Å². The number of carbonyl (C=O) groups is 4. The number of hydrogen-bond donors (Lipinski definition) is 3. The average Bonchev–Trinajstić information content (AvgIpc) is 3.53. The first kappa shape index (κ1) is 35.5. The van der Waals surface area contributed by atoms with E-state index in [9.17, 15) is 19.2 Å². The van der Waals surface area contributed by atoms with E-state index in [2.05, 4.69) is 20.9 Å². The Bertz CT molecular complexity index is 1750. The fraction of sp³-hybridized carbons (Fsp3) is 0.206. The molecule has 14 heteroatoms. The van der Waals surface area contributed by atoms with Gasteiger partial charge in [-0.2, -0.15) is 0 Å². The third-order valence-corrected chi connectivity index (χ3v) is 8.26. The van der Waals surface area contributed by atoms with E-state index >= 15 is 0 Å². The van der Waals surface area contributed by atoms with E-state index in [1.165, 1.54) is 50.5 Å². The molecule has 12 nitrogen and oxygen atoms in total. The molecule has 0 saturated heterocycles. The molecule has 0 saturated carbocycles. The van der Waals surface area contributed by atoms with Gasteiger partial charge in [0.2, 0.25) is 11.7 Å². The zero-order chi connectivity index (χ0) is 34.5. The van der Waals surface area contributed by atoms with Crippen molar-refractivity contribution in [1.82, 2.24) is 10.3 Å². The van der Waals surface area contributed by atoms with Gasteiger partial charge in [-0.3, -0.25) is 19.2 Å². The van der Waals surface area contributed by atoms with Gasteiger partial charge in [0.25, 0.3) is 11.8 Å². The van der Waals surface area contributed by atoms with Crippen molar-refractivity contribution in [1.29, 1.82) is 0 Å². The molecule has 4 rings (SSSR count). The van der Waals surface area contributed by atoms with Crippen molar-refractivity contribution in [2.75, 3.05) is 44.3 Å². The van der Waals surface area contributed by atoms with Crippen LogP contribution in [0.25, 0.3) is 6.08 Å². The Balaban J connectivity index is 1.43.